The van der Waals surface area contributed by atoms with Gasteiger partial charge >= 0.3 is 12.0 Å². The summed E-state index contributed by atoms with van der Waals surface area (Å²) in [6.45, 7) is 3.95. The van der Waals surface area contributed by atoms with Crippen LogP contribution in [0.4, 0.5) is 4.79 Å². The van der Waals surface area contributed by atoms with Crippen LogP contribution >= 0.6 is 0 Å². The maximum Gasteiger partial charge on any atom is 0.326 e. The number of carbonyl (C=O) groups excluding carboxylic acids is 4. The van der Waals surface area contributed by atoms with Crippen LogP contribution in [0.15, 0.2) is 24.3 Å². The molecule has 1 aromatic carbocycles. The summed E-state index contributed by atoms with van der Waals surface area (Å²) in [5, 5.41) is 4.90. The Morgan fingerprint density at radius 3 is 2.54 bits per heavy atom. The molecular weight excluding hydrogens is 342 g/mol. The van der Waals surface area contributed by atoms with Gasteiger partial charge in [0.25, 0.3) is 11.8 Å². The highest BCUT2D eigenvalue weighted by atomic mass is 16.5. The number of benzene rings is 1. The number of esters is 1. The molecule has 2 N–H and O–H groups in total. The number of hydrogen-bond donors (Lipinski definition) is 2. The Bertz CT molecular complexity index is 688. The second kappa shape index (κ2) is 8.84. The molecule has 140 valence electrons. The molecule has 1 unspecified atom stereocenters. The second-order valence-electron chi connectivity index (χ2n) is 5.49. The van der Waals surface area contributed by atoms with Gasteiger partial charge in [-0.2, -0.15) is 0 Å². The van der Waals surface area contributed by atoms with Crippen LogP contribution in [0.2, 0.25) is 0 Å². The molecule has 9 nitrogen and oxygen atoms in total. The summed E-state index contributed by atoms with van der Waals surface area (Å²) >= 11 is 0. The van der Waals surface area contributed by atoms with Gasteiger partial charge in [-0.1, -0.05) is 0 Å². The molecule has 1 fully saturated rings. The third-order valence-corrected chi connectivity index (χ3v) is 3.60. The van der Waals surface area contributed by atoms with Crippen LogP contribution in [0.1, 0.15) is 24.2 Å². The molecule has 0 saturated carbocycles. The van der Waals surface area contributed by atoms with Crippen LogP contribution in [-0.4, -0.2) is 61.1 Å². The van der Waals surface area contributed by atoms with Gasteiger partial charge in [-0.05, 0) is 38.1 Å². The van der Waals surface area contributed by atoms with Crippen LogP contribution < -0.4 is 15.4 Å². The minimum absolute atomic E-state index is 0.230. The Morgan fingerprint density at radius 2 is 1.96 bits per heavy atom. The van der Waals surface area contributed by atoms with Crippen molar-refractivity contribution in [2.75, 3.05) is 26.2 Å². The number of ether oxygens (including phenoxy) is 2. The molecule has 0 bridgehead atoms. The minimum atomic E-state index is -1.12. The molecule has 1 aromatic rings. The molecule has 9 heteroatoms. The Hall–Kier alpha value is -3.10. The van der Waals surface area contributed by atoms with Crippen molar-refractivity contribution in [1.29, 1.82) is 0 Å². The lowest BCUT2D eigenvalue weighted by molar-refractivity contribution is -0.156. The molecular formula is C17H21N3O6. The van der Waals surface area contributed by atoms with Crippen LogP contribution in [0.5, 0.6) is 5.75 Å². The highest BCUT2D eigenvalue weighted by Gasteiger charge is 2.31. The van der Waals surface area contributed by atoms with E-state index in [1.807, 2.05) is 6.92 Å². The maximum atomic E-state index is 12.0. The first-order chi connectivity index (χ1) is 12.4. The van der Waals surface area contributed by atoms with Crippen molar-refractivity contribution in [3.8, 4) is 5.75 Å². The molecule has 26 heavy (non-hydrogen) atoms. The third kappa shape index (κ3) is 4.95. The van der Waals surface area contributed by atoms with E-state index in [9.17, 15) is 19.2 Å². The predicted molar refractivity (Wildman–Crippen MR) is 90.6 cm³/mol. The smallest absolute Gasteiger partial charge is 0.326 e. The fourth-order valence-corrected chi connectivity index (χ4v) is 2.31. The Morgan fingerprint density at radius 1 is 1.27 bits per heavy atom. The van der Waals surface area contributed by atoms with E-state index < -0.39 is 36.5 Å². The Balaban J connectivity index is 1.79. The number of hydrogen-bond acceptors (Lipinski definition) is 6. The van der Waals surface area contributed by atoms with Crippen molar-refractivity contribution < 1.29 is 28.7 Å². The van der Waals surface area contributed by atoms with E-state index in [1.54, 1.807) is 24.3 Å². The average Bonchev–Trinajstić information content (AvgIpc) is 3.05. The number of nitrogens with zero attached hydrogens (tertiary/aromatic N) is 1. The molecule has 4 amide bonds. The molecule has 0 aromatic heterocycles. The second-order valence-corrected chi connectivity index (χ2v) is 5.49. The lowest BCUT2D eigenvalue weighted by Gasteiger charge is -2.18. The molecule has 1 saturated heterocycles. The fourth-order valence-electron chi connectivity index (χ4n) is 2.31. The van der Waals surface area contributed by atoms with Crippen molar-refractivity contribution in [2.45, 2.75) is 20.0 Å². The number of carbonyl (C=O) groups is 4. The summed E-state index contributed by atoms with van der Waals surface area (Å²) in [5.41, 5.74) is 0.360. The minimum Gasteiger partial charge on any atom is -0.494 e. The van der Waals surface area contributed by atoms with Crippen LogP contribution in [-0.2, 0) is 14.3 Å². The number of amides is 4. The Kier molecular flexibility index (Phi) is 6.54. The summed E-state index contributed by atoms with van der Waals surface area (Å²) in [5.74, 6) is -1.19. The first kappa shape index (κ1) is 19.2. The zero-order valence-corrected chi connectivity index (χ0v) is 14.6. The van der Waals surface area contributed by atoms with Crippen molar-refractivity contribution in [3.05, 3.63) is 29.8 Å². The van der Waals surface area contributed by atoms with Gasteiger partial charge in [0, 0.05) is 18.7 Å². The number of rotatable bonds is 7. The average molecular weight is 363 g/mol. The van der Waals surface area contributed by atoms with E-state index >= 15 is 0 Å². The summed E-state index contributed by atoms with van der Waals surface area (Å²) in [7, 11) is 0. The van der Waals surface area contributed by atoms with Crippen LogP contribution in [0, 0.1) is 0 Å². The van der Waals surface area contributed by atoms with Gasteiger partial charge in [0.05, 0.1) is 6.61 Å². The number of nitrogens with one attached hydrogen (secondary N) is 2. The van der Waals surface area contributed by atoms with Gasteiger partial charge in [0.1, 0.15) is 12.3 Å². The van der Waals surface area contributed by atoms with Crippen molar-refractivity contribution in [3.63, 3.8) is 0 Å². The predicted octanol–water partition coefficient (Wildman–Crippen LogP) is 0.299. The SMILES string of the molecule is CCOc1ccc(C(=O)NCC(=O)OC(C)C(=O)N2CCNC2=O)cc1. The van der Waals surface area contributed by atoms with E-state index in [1.165, 1.54) is 6.92 Å². The van der Waals surface area contributed by atoms with Crippen LogP contribution in [0.25, 0.3) is 0 Å². The van der Waals surface area contributed by atoms with Gasteiger partial charge in [0.15, 0.2) is 6.10 Å². The van der Waals surface area contributed by atoms with E-state index in [-0.39, 0.29) is 6.54 Å². The number of imide groups is 1. The number of urea groups is 1. The van der Waals surface area contributed by atoms with Gasteiger partial charge < -0.3 is 20.1 Å². The maximum absolute atomic E-state index is 12.0. The highest BCUT2D eigenvalue weighted by molar-refractivity contribution is 5.99. The standard InChI is InChI=1S/C17H21N3O6/c1-3-25-13-6-4-12(5-7-13)15(22)19-10-14(21)26-11(2)16(23)20-9-8-18-17(20)24/h4-7,11H,3,8-10H2,1-2H3,(H,18,24)(H,19,22). The summed E-state index contributed by atoms with van der Waals surface area (Å²) in [6, 6.07) is 5.94. The van der Waals surface area contributed by atoms with Crippen molar-refractivity contribution in [2.24, 2.45) is 0 Å². The third-order valence-electron chi connectivity index (χ3n) is 3.60. The largest absolute Gasteiger partial charge is 0.494 e. The van der Waals surface area contributed by atoms with Gasteiger partial charge in [-0.3, -0.25) is 19.3 Å². The fraction of sp³-hybridized carbons (Fsp3) is 0.412. The first-order valence-corrected chi connectivity index (χ1v) is 8.22. The Labute approximate surface area is 150 Å². The zero-order valence-electron chi connectivity index (χ0n) is 14.6. The normalized spacial score (nSPS) is 14.4. The quantitative estimate of drug-likeness (QED) is 0.674. The summed E-state index contributed by atoms with van der Waals surface area (Å²) in [4.78, 5) is 48.2. The van der Waals surface area contributed by atoms with Crippen molar-refractivity contribution in [1.82, 2.24) is 15.5 Å². The highest BCUT2D eigenvalue weighted by Crippen LogP contribution is 2.12. The van der Waals surface area contributed by atoms with Crippen molar-refractivity contribution >= 4 is 23.8 Å². The summed E-state index contributed by atoms with van der Waals surface area (Å²) in [6.07, 6.45) is -1.12. The lowest BCUT2D eigenvalue weighted by Crippen LogP contribution is -2.43. The molecule has 1 heterocycles. The molecule has 2 rings (SSSR count). The molecule has 0 radical (unpaired) electrons. The van der Waals surface area contributed by atoms with E-state index in [2.05, 4.69) is 10.6 Å². The van der Waals surface area contributed by atoms with E-state index in [4.69, 9.17) is 9.47 Å². The van der Waals surface area contributed by atoms with Gasteiger partial charge in [-0.25, -0.2) is 4.79 Å². The zero-order chi connectivity index (χ0) is 19.1. The molecule has 1 atom stereocenters. The molecule has 1 aliphatic rings. The van der Waals surface area contributed by atoms with Crippen LogP contribution in [0.3, 0.4) is 0 Å². The molecule has 0 spiro atoms. The van der Waals surface area contributed by atoms with Gasteiger partial charge in [-0.15, -0.1) is 0 Å². The topological polar surface area (TPSA) is 114 Å². The van der Waals surface area contributed by atoms with Gasteiger partial charge in [0.2, 0.25) is 0 Å². The first-order valence-electron chi connectivity index (χ1n) is 8.22. The molecule has 1 aliphatic heterocycles. The van der Waals surface area contributed by atoms with E-state index in [0.717, 1.165) is 4.90 Å². The lowest BCUT2D eigenvalue weighted by atomic mass is 10.2. The van der Waals surface area contributed by atoms with E-state index in [0.29, 0.717) is 24.5 Å². The molecule has 0 aliphatic carbocycles. The summed E-state index contributed by atoms with van der Waals surface area (Å²) < 4.78 is 10.2. The monoisotopic (exact) mass is 363 g/mol.